The molecule has 0 saturated carbocycles. The highest BCUT2D eigenvalue weighted by atomic mass is 35.5. The summed E-state index contributed by atoms with van der Waals surface area (Å²) < 4.78 is 25.9. The van der Waals surface area contributed by atoms with Gasteiger partial charge < -0.3 is 4.57 Å². The summed E-state index contributed by atoms with van der Waals surface area (Å²) in [4.78, 5) is 3.87. The van der Waals surface area contributed by atoms with Crippen molar-refractivity contribution >= 4 is 27.5 Å². The number of nitrogens with one attached hydrogen (secondary N) is 1. The van der Waals surface area contributed by atoms with E-state index in [0.29, 0.717) is 10.7 Å². The molecule has 1 aromatic heterocycles. The molecule has 3 N–H and O–H groups in total. The van der Waals surface area contributed by atoms with Crippen LogP contribution in [-0.4, -0.2) is 18.0 Å². The average molecular weight is 273 g/mol. The number of nitrogens with zero attached hydrogens (tertiary/aromatic N) is 2. The van der Waals surface area contributed by atoms with E-state index in [1.54, 1.807) is 35.2 Å². The van der Waals surface area contributed by atoms with Crippen LogP contribution in [-0.2, 0) is 10.2 Å². The monoisotopic (exact) mass is 272 g/mol. The fourth-order valence-electron chi connectivity index (χ4n) is 1.40. The molecule has 0 fully saturated rings. The van der Waals surface area contributed by atoms with Gasteiger partial charge in [0.1, 0.15) is 0 Å². The molecule has 0 spiro atoms. The van der Waals surface area contributed by atoms with Crippen LogP contribution in [0, 0.1) is 0 Å². The van der Waals surface area contributed by atoms with Gasteiger partial charge in [-0.2, -0.15) is 8.42 Å². The van der Waals surface area contributed by atoms with Gasteiger partial charge in [0.15, 0.2) is 0 Å². The molecule has 1 aromatic carbocycles. The molecule has 17 heavy (non-hydrogen) atoms. The van der Waals surface area contributed by atoms with Gasteiger partial charge in [0.2, 0.25) is 0 Å². The molecule has 0 amide bonds. The van der Waals surface area contributed by atoms with Crippen molar-refractivity contribution in [2.24, 2.45) is 5.14 Å². The second-order valence-corrected chi connectivity index (χ2v) is 4.95. The molecule has 0 radical (unpaired) electrons. The molecule has 2 rings (SSSR count). The summed E-state index contributed by atoms with van der Waals surface area (Å²) in [5, 5.41) is 5.32. The minimum absolute atomic E-state index is 0.290. The average Bonchev–Trinajstić information content (AvgIpc) is 2.68. The van der Waals surface area contributed by atoms with Crippen LogP contribution in [0.4, 0.5) is 5.69 Å². The van der Waals surface area contributed by atoms with E-state index in [1.807, 2.05) is 0 Å². The molecule has 8 heteroatoms. The van der Waals surface area contributed by atoms with Crippen molar-refractivity contribution in [3.8, 4) is 5.69 Å². The smallest absolute Gasteiger partial charge is 0.296 e. The Balaban J connectivity index is 2.57. The molecule has 0 aliphatic rings. The maximum absolute atomic E-state index is 11.0. The van der Waals surface area contributed by atoms with Crippen LogP contribution < -0.4 is 9.86 Å². The van der Waals surface area contributed by atoms with E-state index >= 15 is 0 Å². The van der Waals surface area contributed by atoms with Crippen molar-refractivity contribution in [2.45, 2.75) is 0 Å². The summed E-state index contributed by atoms with van der Waals surface area (Å²) in [6, 6.07) is 4.83. The number of benzene rings is 1. The lowest BCUT2D eigenvalue weighted by Crippen LogP contribution is -2.22. The van der Waals surface area contributed by atoms with E-state index in [2.05, 4.69) is 9.71 Å². The predicted molar refractivity (Wildman–Crippen MR) is 65.3 cm³/mol. The largest absolute Gasteiger partial charge is 0.303 e. The second-order valence-electron chi connectivity index (χ2n) is 3.25. The fraction of sp³-hybridized carbons (Fsp3) is 0. The van der Waals surface area contributed by atoms with Crippen molar-refractivity contribution in [1.82, 2.24) is 9.55 Å². The molecule has 0 aliphatic carbocycles. The zero-order valence-corrected chi connectivity index (χ0v) is 10.1. The van der Waals surface area contributed by atoms with E-state index in [4.69, 9.17) is 16.7 Å². The van der Waals surface area contributed by atoms with Crippen LogP contribution in [0.1, 0.15) is 0 Å². The Morgan fingerprint density at radius 3 is 2.76 bits per heavy atom. The quantitative estimate of drug-likeness (QED) is 0.878. The first-order valence-electron chi connectivity index (χ1n) is 4.55. The molecule has 0 unspecified atom stereocenters. The lowest BCUT2D eigenvalue weighted by atomic mass is 10.2. The van der Waals surface area contributed by atoms with Crippen molar-refractivity contribution in [2.75, 3.05) is 4.72 Å². The summed E-state index contributed by atoms with van der Waals surface area (Å²) in [6.07, 6.45) is 4.72. The number of anilines is 1. The summed E-state index contributed by atoms with van der Waals surface area (Å²) in [5.74, 6) is 0. The molecule has 0 bridgehead atoms. The van der Waals surface area contributed by atoms with Gasteiger partial charge in [-0.15, -0.1) is 0 Å². The Bertz CT molecular complexity index is 624. The Morgan fingerprint density at radius 2 is 2.18 bits per heavy atom. The number of hydrogen-bond acceptors (Lipinski definition) is 3. The third kappa shape index (κ3) is 2.76. The zero-order chi connectivity index (χ0) is 12.5. The maximum atomic E-state index is 11.0. The lowest BCUT2D eigenvalue weighted by molar-refractivity contribution is 0.603. The first-order valence-corrected chi connectivity index (χ1v) is 6.47. The number of rotatable bonds is 3. The second kappa shape index (κ2) is 4.36. The predicted octanol–water partition coefficient (Wildman–Crippen LogP) is 1.14. The van der Waals surface area contributed by atoms with Gasteiger partial charge in [0.05, 0.1) is 22.7 Å². The van der Waals surface area contributed by atoms with Gasteiger partial charge in [-0.05, 0) is 12.1 Å². The maximum Gasteiger partial charge on any atom is 0.296 e. The number of para-hydroxylation sites is 1. The van der Waals surface area contributed by atoms with E-state index in [-0.39, 0.29) is 5.69 Å². The number of halogens is 1. The van der Waals surface area contributed by atoms with Crippen molar-refractivity contribution < 1.29 is 8.42 Å². The molecule has 2 aromatic rings. The highest BCUT2D eigenvalue weighted by molar-refractivity contribution is 7.90. The number of aromatic nitrogens is 2. The lowest BCUT2D eigenvalue weighted by Gasteiger charge is -2.12. The molecule has 6 nitrogen and oxygen atoms in total. The Kier molecular flexibility index (Phi) is 3.05. The highest BCUT2D eigenvalue weighted by Crippen LogP contribution is 2.28. The standard InChI is InChI=1S/C9H9ClN4O2S/c10-7-2-1-3-8(13-17(11,15)16)9(7)14-5-4-12-6-14/h1-6,13H,(H2,11,15,16). The third-order valence-electron chi connectivity index (χ3n) is 2.00. The van der Waals surface area contributed by atoms with Crippen LogP contribution in [0.25, 0.3) is 5.69 Å². The highest BCUT2D eigenvalue weighted by Gasteiger charge is 2.12. The van der Waals surface area contributed by atoms with Gasteiger partial charge >= 0.3 is 0 Å². The van der Waals surface area contributed by atoms with Gasteiger partial charge in [0, 0.05) is 12.4 Å². The summed E-state index contributed by atoms with van der Waals surface area (Å²) in [6.45, 7) is 0. The van der Waals surface area contributed by atoms with E-state index in [9.17, 15) is 8.42 Å². The van der Waals surface area contributed by atoms with Crippen molar-refractivity contribution in [3.63, 3.8) is 0 Å². The molecular weight excluding hydrogens is 264 g/mol. The topological polar surface area (TPSA) is 90.0 Å². The summed E-state index contributed by atoms with van der Waals surface area (Å²) in [7, 11) is -3.85. The molecule has 0 aliphatic heterocycles. The van der Waals surface area contributed by atoms with E-state index < -0.39 is 10.2 Å². The van der Waals surface area contributed by atoms with E-state index in [1.165, 1.54) is 6.33 Å². The van der Waals surface area contributed by atoms with Crippen LogP contribution in [0.15, 0.2) is 36.9 Å². The van der Waals surface area contributed by atoms with Gasteiger partial charge in [-0.3, -0.25) is 4.72 Å². The van der Waals surface area contributed by atoms with Crippen molar-refractivity contribution in [3.05, 3.63) is 41.9 Å². The third-order valence-corrected chi connectivity index (χ3v) is 2.81. The Morgan fingerprint density at radius 1 is 1.41 bits per heavy atom. The van der Waals surface area contributed by atoms with Crippen LogP contribution >= 0.6 is 11.6 Å². The van der Waals surface area contributed by atoms with Gasteiger partial charge in [0.25, 0.3) is 10.2 Å². The molecular formula is C9H9ClN4O2S. The number of hydrogen-bond donors (Lipinski definition) is 2. The normalized spacial score (nSPS) is 11.4. The van der Waals surface area contributed by atoms with Crippen LogP contribution in [0.5, 0.6) is 0 Å². The summed E-state index contributed by atoms with van der Waals surface area (Å²) >= 11 is 6.03. The molecule has 1 heterocycles. The molecule has 90 valence electrons. The van der Waals surface area contributed by atoms with Crippen molar-refractivity contribution in [1.29, 1.82) is 0 Å². The Hall–Kier alpha value is -1.57. The number of nitrogens with two attached hydrogens (primary N) is 1. The first kappa shape index (κ1) is 11.9. The zero-order valence-electron chi connectivity index (χ0n) is 8.54. The molecule has 0 atom stereocenters. The SMILES string of the molecule is NS(=O)(=O)Nc1cccc(Cl)c1-n1ccnc1. The molecule has 0 saturated heterocycles. The number of imidazole rings is 1. The summed E-state index contributed by atoms with van der Waals surface area (Å²) in [5.41, 5.74) is 0.763. The minimum atomic E-state index is -3.85. The minimum Gasteiger partial charge on any atom is -0.303 e. The van der Waals surface area contributed by atoms with Gasteiger partial charge in [-0.1, -0.05) is 17.7 Å². The Labute approximate surface area is 103 Å². The van der Waals surface area contributed by atoms with Crippen LogP contribution in [0.2, 0.25) is 5.02 Å². The van der Waals surface area contributed by atoms with Gasteiger partial charge in [-0.25, -0.2) is 10.1 Å². The van der Waals surface area contributed by atoms with E-state index in [0.717, 1.165) is 0 Å². The van der Waals surface area contributed by atoms with Crippen LogP contribution in [0.3, 0.4) is 0 Å². The fourth-order valence-corrected chi connectivity index (χ4v) is 2.15. The first-order chi connectivity index (χ1) is 7.97.